The van der Waals surface area contributed by atoms with E-state index < -0.39 is 0 Å². The average molecular weight is 387 g/mol. The van der Waals surface area contributed by atoms with Gasteiger partial charge in [0.25, 0.3) is 0 Å². The lowest BCUT2D eigenvalue weighted by Gasteiger charge is -2.32. The SMILES string of the molecule is CC(=O)NCC(=O)N1C[C@@H]2CN(C(=O)C3CCC3)C[C@@H]2[C@H]1c1cccc(F)c1. The smallest absolute Gasteiger partial charge is 0.242 e. The van der Waals surface area contributed by atoms with Gasteiger partial charge in [-0.3, -0.25) is 14.4 Å². The summed E-state index contributed by atoms with van der Waals surface area (Å²) in [6.07, 6.45) is 3.06. The Hall–Kier alpha value is -2.44. The van der Waals surface area contributed by atoms with Gasteiger partial charge in [-0.2, -0.15) is 0 Å². The molecule has 3 aliphatic rings. The van der Waals surface area contributed by atoms with E-state index in [2.05, 4.69) is 5.32 Å². The number of halogens is 1. The highest BCUT2D eigenvalue weighted by Gasteiger charge is 2.50. The first-order valence-electron chi connectivity index (χ1n) is 10.0. The van der Waals surface area contributed by atoms with Gasteiger partial charge in [-0.1, -0.05) is 18.6 Å². The lowest BCUT2D eigenvalue weighted by molar-refractivity contribution is -0.138. The van der Waals surface area contributed by atoms with Crippen LogP contribution in [-0.4, -0.2) is 53.7 Å². The lowest BCUT2D eigenvalue weighted by atomic mass is 9.84. The number of rotatable bonds is 4. The standard InChI is InChI=1S/C21H26FN3O3/c1-13(26)23-9-19(27)25-11-16-10-24(21(28)14-4-2-5-14)12-18(16)20(25)15-6-3-7-17(22)8-15/h3,6-8,14,16,18,20H,2,4-5,9-12H2,1H3,(H,23,26)/t16-,18-,20+/m0/s1. The van der Waals surface area contributed by atoms with Crippen LogP contribution in [0.25, 0.3) is 0 Å². The number of likely N-dealkylation sites (tertiary alicyclic amines) is 2. The van der Waals surface area contributed by atoms with Crippen LogP contribution in [0.2, 0.25) is 0 Å². The number of fused-ring (bicyclic) bond motifs is 1. The van der Waals surface area contributed by atoms with E-state index in [1.807, 2.05) is 11.0 Å². The summed E-state index contributed by atoms with van der Waals surface area (Å²) in [5.74, 6) is -0.108. The second kappa shape index (κ2) is 7.53. The number of benzene rings is 1. The van der Waals surface area contributed by atoms with Gasteiger partial charge in [0.2, 0.25) is 17.7 Å². The monoisotopic (exact) mass is 387 g/mol. The number of nitrogens with one attached hydrogen (secondary N) is 1. The maximum atomic E-state index is 13.9. The third-order valence-corrected chi connectivity index (χ3v) is 6.43. The van der Waals surface area contributed by atoms with E-state index in [9.17, 15) is 18.8 Å². The number of nitrogens with zero attached hydrogens (tertiary/aromatic N) is 2. The zero-order valence-electron chi connectivity index (χ0n) is 16.1. The predicted octanol–water partition coefficient (Wildman–Crippen LogP) is 1.72. The van der Waals surface area contributed by atoms with Gasteiger partial charge < -0.3 is 15.1 Å². The first kappa shape index (κ1) is 18.9. The van der Waals surface area contributed by atoms with Crippen LogP contribution in [0.4, 0.5) is 4.39 Å². The van der Waals surface area contributed by atoms with Crippen molar-refractivity contribution in [2.75, 3.05) is 26.2 Å². The molecule has 4 rings (SSSR count). The Bertz CT molecular complexity index is 795. The van der Waals surface area contributed by atoms with Gasteiger partial charge in [-0.25, -0.2) is 4.39 Å². The van der Waals surface area contributed by atoms with Crippen molar-refractivity contribution >= 4 is 17.7 Å². The summed E-state index contributed by atoms with van der Waals surface area (Å²) in [6.45, 7) is 3.09. The molecule has 3 atom stereocenters. The van der Waals surface area contributed by atoms with Gasteiger partial charge in [0.05, 0.1) is 12.6 Å². The first-order valence-corrected chi connectivity index (χ1v) is 10.0. The molecule has 1 aromatic rings. The zero-order chi connectivity index (χ0) is 19.8. The third-order valence-electron chi connectivity index (χ3n) is 6.43. The minimum absolute atomic E-state index is 0.0642. The molecule has 3 fully saturated rings. The average Bonchev–Trinajstić information content (AvgIpc) is 3.15. The maximum absolute atomic E-state index is 13.9. The first-order chi connectivity index (χ1) is 13.4. The minimum atomic E-state index is -0.337. The molecule has 2 saturated heterocycles. The van der Waals surface area contributed by atoms with Crippen LogP contribution in [0, 0.1) is 23.6 Å². The van der Waals surface area contributed by atoms with Crippen LogP contribution in [0.5, 0.6) is 0 Å². The fourth-order valence-corrected chi connectivity index (χ4v) is 4.81. The molecular weight excluding hydrogens is 361 g/mol. The molecule has 150 valence electrons. The molecule has 2 heterocycles. The summed E-state index contributed by atoms with van der Waals surface area (Å²) in [5.41, 5.74) is 0.751. The van der Waals surface area contributed by atoms with Gasteiger partial charge in [0.15, 0.2) is 0 Å². The normalized spacial score (nSPS) is 26.7. The maximum Gasteiger partial charge on any atom is 0.242 e. The Morgan fingerprint density at radius 1 is 1.18 bits per heavy atom. The van der Waals surface area contributed by atoms with Crippen LogP contribution >= 0.6 is 0 Å². The molecule has 2 aliphatic heterocycles. The van der Waals surface area contributed by atoms with Crippen LogP contribution in [0.15, 0.2) is 24.3 Å². The van der Waals surface area contributed by atoms with Crippen molar-refractivity contribution in [3.63, 3.8) is 0 Å². The molecule has 0 spiro atoms. The third kappa shape index (κ3) is 3.50. The number of amides is 3. The van der Waals surface area contributed by atoms with Gasteiger partial charge in [-0.15, -0.1) is 0 Å². The highest BCUT2D eigenvalue weighted by molar-refractivity contribution is 5.84. The van der Waals surface area contributed by atoms with E-state index in [0.717, 1.165) is 24.8 Å². The van der Waals surface area contributed by atoms with Crippen LogP contribution < -0.4 is 5.32 Å². The second-order valence-electron chi connectivity index (χ2n) is 8.25. The van der Waals surface area contributed by atoms with E-state index in [0.29, 0.717) is 19.6 Å². The number of hydrogen-bond acceptors (Lipinski definition) is 3. The molecule has 1 saturated carbocycles. The number of carbonyl (C=O) groups excluding carboxylic acids is 3. The Morgan fingerprint density at radius 3 is 2.61 bits per heavy atom. The van der Waals surface area contributed by atoms with Crippen molar-refractivity contribution in [3.05, 3.63) is 35.6 Å². The Kier molecular flexibility index (Phi) is 5.08. The van der Waals surface area contributed by atoms with Crippen LogP contribution in [0.3, 0.4) is 0 Å². The summed E-state index contributed by atoms with van der Waals surface area (Å²) < 4.78 is 13.9. The summed E-state index contributed by atoms with van der Waals surface area (Å²) in [4.78, 5) is 40.3. The predicted molar refractivity (Wildman–Crippen MR) is 100 cm³/mol. The van der Waals surface area contributed by atoms with E-state index in [1.54, 1.807) is 11.0 Å². The lowest BCUT2D eigenvalue weighted by Crippen LogP contribution is -2.43. The van der Waals surface area contributed by atoms with E-state index in [1.165, 1.54) is 19.1 Å². The molecule has 0 radical (unpaired) electrons. The molecule has 1 aromatic carbocycles. The largest absolute Gasteiger partial charge is 0.347 e. The summed E-state index contributed by atoms with van der Waals surface area (Å²) in [7, 11) is 0. The fourth-order valence-electron chi connectivity index (χ4n) is 4.81. The second-order valence-corrected chi connectivity index (χ2v) is 8.25. The molecule has 6 nitrogen and oxygen atoms in total. The number of carbonyl (C=O) groups is 3. The van der Waals surface area contributed by atoms with Gasteiger partial charge in [0.1, 0.15) is 5.82 Å². The Morgan fingerprint density at radius 2 is 1.96 bits per heavy atom. The highest BCUT2D eigenvalue weighted by Crippen LogP contribution is 2.46. The molecule has 0 bridgehead atoms. The van der Waals surface area contributed by atoms with E-state index in [4.69, 9.17) is 0 Å². The molecule has 0 aromatic heterocycles. The van der Waals surface area contributed by atoms with Crippen molar-refractivity contribution < 1.29 is 18.8 Å². The fraction of sp³-hybridized carbons (Fsp3) is 0.571. The summed E-state index contributed by atoms with van der Waals surface area (Å²) in [5, 5.41) is 2.56. The quantitative estimate of drug-likeness (QED) is 0.855. The van der Waals surface area contributed by atoms with Crippen molar-refractivity contribution in [1.82, 2.24) is 15.1 Å². The zero-order valence-corrected chi connectivity index (χ0v) is 16.1. The Labute approximate surface area is 164 Å². The Balaban J connectivity index is 1.55. The molecule has 0 unspecified atom stereocenters. The molecule has 7 heteroatoms. The van der Waals surface area contributed by atoms with Gasteiger partial charge in [-0.05, 0) is 30.5 Å². The van der Waals surface area contributed by atoms with Crippen molar-refractivity contribution in [2.45, 2.75) is 32.2 Å². The molecular formula is C21H26FN3O3. The minimum Gasteiger partial charge on any atom is -0.347 e. The topological polar surface area (TPSA) is 69.7 Å². The van der Waals surface area contributed by atoms with Crippen molar-refractivity contribution in [3.8, 4) is 0 Å². The van der Waals surface area contributed by atoms with Crippen LogP contribution in [-0.2, 0) is 14.4 Å². The summed E-state index contributed by atoms with van der Waals surface area (Å²) >= 11 is 0. The highest BCUT2D eigenvalue weighted by atomic mass is 19.1. The van der Waals surface area contributed by atoms with Gasteiger partial charge in [0, 0.05) is 44.3 Å². The molecule has 28 heavy (non-hydrogen) atoms. The van der Waals surface area contributed by atoms with Crippen LogP contribution in [0.1, 0.15) is 37.8 Å². The van der Waals surface area contributed by atoms with Crippen molar-refractivity contribution in [1.29, 1.82) is 0 Å². The van der Waals surface area contributed by atoms with Crippen molar-refractivity contribution in [2.24, 2.45) is 17.8 Å². The summed E-state index contributed by atoms with van der Waals surface area (Å²) in [6, 6.07) is 6.08. The van der Waals surface area contributed by atoms with E-state index in [-0.39, 0.29) is 53.9 Å². The van der Waals surface area contributed by atoms with E-state index >= 15 is 0 Å². The van der Waals surface area contributed by atoms with Gasteiger partial charge >= 0.3 is 0 Å². The molecule has 1 N–H and O–H groups in total. The molecule has 3 amide bonds. The number of hydrogen-bond donors (Lipinski definition) is 1. The molecule has 1 aliphatic carbocycles.